The standard InChI is InChI=1S/C5H3BrF2S/c6-3-1-2-9-4(3)5(7)8/h1-2,5H. The monoisotopic (exact) mass is 212 g/mol. The number of thiophene rings is 1. The first-order valence-corrected chi connectivity index (χ1v) is 3.90. The Bertz CT molecular complexity index is 197. The molecule has 0 spiro atoms. The highest BCUT2D eigenvalue weighted by molar-refractivity contribution is 9.10. The van der Waals surface area contributed by atoms with Crippen molar-refractivity contribution in [3.63, 3.8) is 0 Å². The van der Waals surface area contributed by atoms with Crippen LogP contribution in [0.1, 0.15) is 11.3 Å². The summed E-state index contributed by atoms with van der Waals surface area (Å²) in [6.45, 7) is 0. The van der Waals surface area contributed by atoms with Gasteiger partial charge >= 0.3 is 0 Å². The van der Waals surface area contributed by atoms with Crippen LogP contribution in [0.25, 0.3) is 0 Å². The molecule has 0 aliphatic carbocycles. The van der Waals surface area contributed by atoms with Crippen LogP contribution in [0.5, 0.6) is 0 Å². The van der Waals surface area contributed by atoms with E-state index in [1.165, 1.54) is 0 Å². The van der Waals surface area contributed by atoms with Gasteiger partial charge in [-0.2, -0.15) is 0 Å². The van der Waals surface area contributed by atoms with Gasteiger partial charge < -0.3 is 0 Å². The molecule has 1 heterocycles. The third kappa shape index (κ3) is 1.49. The fourth-order valence-electron chi connectivity index (χ4n) is 0.461. The second kappa shape index (κ2) is 2.75. The number of rotatable bonds is 1. The van der Waals surface area contributed by atoms with Gasteiger partial charge in [0.15, 0.2) is 0 Å². The van der Waals surface area contributed by atoms with Crippen molar-refractivity contribution >= 4 is 27.3 Å². The molecule has 0 N–H and O–H groups in total. The van der Waals surface area contributed by atoms with Crippen molar-refractivity contribution in [1.82, 2.24) is 0 Å². The summed E-state index contributed by atoms with van der Waals surface area (Å²) in [6, 6.07) is 1.62. The van der Waals surface area contributed by atoms with Gasteiger partial charge in [0.05, 0.1) is 4.88 Å². The number of hydrogen-bond donors (Lipinski definition) is 0. The van der Waals surface area contributed by atoms with Crippen molar-refractivity contribution in [3.05, 3.63) is 20.8 Å². The minimum atomic E-state index is -2.35. The lowest BCUT2D eigenvalue weighted by atomic mass is 10.5. The van der Waals surface area contributed by atoms with Gasteiger partial charge in [-0.3, -0.25) is 0 Å². The Kier molecular flexibility index (Phi) is 2.18. The largest absolute Gasteiger partial charge is 0.273 e. The quantitative estimate of drug-likeness (QED) is 0.670. The molecule has 0 amide bonds. The van der Waals surface area contributed by atoms with Crippen molar-refractivity contribution < 1.29 is 8.78 Å². The van der Waals surface area contributed by atoms with E-state index in [2.05, 4.69) is 15.9 Å². The van der Waals surface area contributed by atoms with Crippen molar-refractivity contribution in [1.29, 1.82) is 0 Å². The molecule has 0 unspecified atom stereocenters. The summed E-state index contributed by atoms with van der Waals surface area (Å²) in [5.41, 5.74) is 0. The second-order valence-electron chi connectivity index (χ2n) is 1.43. The lowest BCUT2D eigenvalue weighted by molar-refractivity contribution is 0.155. The molecule has 0 aromatic carbocycles. The molecule has 1 aromatic heterocycles. The van der Waals surface area contributed by atoms with E-state index < -0.39 is 6.43 Å². The topological polar surface area (TPSA) is 0 Å². The van der Waals surface area contributed by atoms with Gasteiger partial charge in [0.25, 0.3) is 6.43 Å². The molecule has 9 heavy (non-hydrogen) atoms. The van der Waals surface area contributed by atoms with Gasteiger partial charge in [0, 0.05) is 4.47 Å². The average Bonchev–Trinajstić information content (AvgIpc) is 2.13. The molecule has 0 bridgehead atoms. The van der Waals surface area contributed by atoms with Gasteiger partial charge in [0.1, 0.15) is 0 Å². The summed E-state index contributed by atoms with van der Waals surface area (Å²) >= 11 is 4.06. The van der Waals surface area contributed by atoms with Crippen LogP contribution >= 0.6 is 27.3 Å². The SMILES string of the molecule is FC(F)c1sccc1Br. The molecule has 0 nitrogen and oxygen atoms in total. The lowest BCUT2D eigenvalue weighted by Gasteiger charge is -1.91. The molecular formula is C5H3BrF2S. The van der Waals surface area contributed by atoms with Crippen molar-refractivity contribution in [3.8, 4) is 0 Å². The van der Waals surface area contributed by atoms with E-state index in [1.54, 1.807) is 11.4 Å². The molecule has 0 aliphatic rings. The molecule has 0 fully saturated rings. The second-order valence-corrected chi connectivity index (χ2v) is 3.24. The molecule has 1 rings (SSSR count). The van der Waals surface area contributed by atoms with Gasteiger partial charge in [-0.25, -0.2) is 8.78 Å². The van der Waals surface area contributed by atoms with E-state index in [1.807, 2.05) is 0 Å². The highest BCUT2D eigenvalue weighted by atomic mass is 79.9. The highest BCUT2D eigenvalue weighted by Gasteiger charge is 2.11. The summed E-state index contributed by atoms with van der Waals surface area (Å²) < 4.78 is 24.2. The third-order valence-corrected chi connectivity index (χ3v) is 2.72. The normalized spacial score (nSPS) is 10.7. The minimum Gasteiger partial charge on any atom is -0.204 e. The highest BCUT2D eigenvalue weighted by Crippen LogP contribution is 2.31. The molecule has 0 saturated heterocycles. The zero-order valence-electron chi connectivity index (χ0n) is 4.27. The molecule has 0 aliphatic heterocycles. The third-order valence-electron chi connectivity index (χ3n) is 0.843. The first kappa shape index (κ1) is 7.15. The zero-order valence-corrected chi connectivity index (χ0v) is 6.68. The lowest BCUT2D eigenvalue weighted by Crippen LogP contribution is -1.75. The number of hydrogen-bond acceptors (Lipinski definition) is 1. The Labute approximate surface area is 63.6 Å². The average molecular weight is 213 g/mol. The number of alkyl halides is 2. The van der Waals surface area contributed by atoms with Crippen LogP contribution in [0.15, 0.2) is 15.9 Å². The fourth-order valence-corrected chi connectivity index (χ4v) is 1.86. The van der Waals surface area contributed by atoms with E-state index in [4.69, 9.17) is 0 Å². The first-order chi connectivity index (χ1) is 4.22. The summed E-state index contributed by atoms with van der Waals surface area (Å²) in [5.74, 6) is 0. The summed E-state index contributed by atoms with van der Waals surface area (Å²) in [5, 5.41) is 1.63. The van der Waals surface area contributed by atoms with Crippen LogP contribution in [0, 0.1) is 0 Å². The predicted molar refractivity (Wildman–Crippen MR) is 37.0 cm³/mol. The predicted octanol–water partition coefficient (Wildman–Crippen LogP) is 3.45. The molecular weight excluding hydrogens is 210 g/mol. The Morgan fingerprint density at radius 2 is 2.22 bits per heavy atom. The van der Waals surface area contributed by atoms with Crippen molar-refractivity contribution in [2.75, 3.05) is 0 Å². The van der Waals surface area contributed by atoms with Gasteiger partial charge in [-0.1, -0.05) is 0 Å². The molecule has 1 aromatic rings. The maximum atomic E-state index is 11.8. The van der Waals surface area contributed by atoms with Gasteiger partial charge in [-0.15, -0.1) is 11.3 Å². The summed E-state index contributed by atoms with van der Waals surface area (Å²) in [4.78, 5) is 0.106. The Balaban J connectivity index is 2.94. The minimum absolute atomic E-state index is 0.106. The van der Waals surface area contributed by atoms with E-state index in [0.717, 1.165) is 11.3 Å². The molecule has 0 saturated carbocycles. The zero-order chi connectivity index (χ0) is 6.85. The van der Waals surface area contributed by atoms with Gasteiger partial charge in [0.2, 0.25) is 0 Å². The van der Waals surface area contributed by atoms with Crippen LogP contribution in [0.2, 0.25) is 0 Å². The Morgan fingerprint density at radius 3 is 2.44 bits per heavy atom. The number of halogens is 3. The first-order valence-electron chi connectivity index (χ1n) is 2.23. The van der Waals surface area contributed by atoms with E-state index in [0.29, 0.717) is 4.47 Å². The Hall–Kier alpha value is 0.0400. The van der Waals surface area contributed by atoms with Crippen LogP contribution in [0.4, 0.5) is 8.78 Å². The smallest absolute Gasteiger partial charge is 0.204 e. The molecule has 4 heteroatoms. The van der Waals surface area contributed by atoms with Crippen LogP contribution in [-0.4, -0.2) is 0 Å². The van der Waals surface area contributed by atoms with Crippen LogP contribution < -0.4 is 0 Å². The summed E-state index contributed by atoms with van der Waals surface area (Å²) in [7, 11) is 0. The Morgan fingerprint density at radius 1 is 1.56 bits per heavy atom. The molecule has 50 valence electrons. The van der Waals surface area contributed by atoms with E-state index in [-0.39, 0.29) is 4.88 Å². The maximum Gasteiger partial charge on any atom is 0.273 e. The fraction of sp³-hybridized carbons (Fsp3) is 0.200. The molecule has 0 atom stereocenters. The maximum absolute atomic E-state index is 11.8. The van der Waals surface area contributed by atoms with Crippen LogP contribution in [-0.2, 0) is 0 Å². The van der Waals surface area contributed by atoms with Crippen molar-refractivity contribution in [2.45, 2.75) is 6.43 Å². The van der Waals surface area contributed by atoms with Crippen LogP contribution in [0.3, 0.4) is 0 Å². The summed E-state index contributed by atoms with van der Waals surface area (Å²) in [6.07, 6.45) is -2.35. The van der Waals surface area contributed by atoms with E-state index in [9.17, 15) is 8.78 Å². The van der Waals surface area contributed by atoms with Crippen molar-refractivity contribution in [2.24, 2.45) is 0 Å². The van der Waals surface area contributed by atoms with E-state index >= 15 is 0 Å². The molecule has 0 radical (unpaired) electrons. The van der Waals surface area contributed by atoms with Gasteiger partial charge in [-0.05, 0) is 27.4 Å².